The summed E-state index contributed by atoms with van der Waals surface area (Å²) in [5.74, 6) is -0.603. The molecule has 22 heavy (non-hydrogen) atoms. The van der Waals surface area contributed by atoms with Gasteiger partial charge in [0.15, 0.2) is 0 Å². The molecule has 3 nitrogen and oxygen atoms in total. The summed E-state index contributed by atoms with van der Waals surface area (Å²) in [6.07, 6.45) is 0.608. The Morgan fingerprint density at radius 2 is 1.64 bits per heavy atom. The van der Waals surface area contributed by atoms with E-state index in [-0.39, 0.29) is 17.7 Å². The highest BCUT2D eigenvalue weighted by Gasteiger charge is 2.45. The summed E-state index contributed by atoms with van der Waals surface area (Å²) >= 11 is 0. The third kappa shape index (κ3) is 1.69. The van der Waals surface area contributed by atoms with Gasteiger partial charge < -0.3 is 0 Å². The van der Waals surface area contributed by atoms with Crippen LogP contribution in [0.5, 0.6) is 0 Å². The first-order valence-corrected chi connectivity index (χ1v) is 7.38. The van der Waals surface area contributed by atoms with E-state index < -0.39 is 0 Å². The molecule has 3 heteroatoms. The van der Waals surface area contributed by atoms with Crippen molar-refractivity contribution in [2.24, 2.45) is 5.92 Å². The second-order valence-corrected chi connectivity index (χ2v) is 5.77. The number of amides is 2. The Kier molecular flexibility index (Phi) is 2.76. The highest BCUT2D eigenvalue weighted by molar-refractivity contribution is 6.20. The predicted molar refractivity (Wildman–Crippen MR) is 83.9 cm³/mol. The zero-order valence-electron chi connectivity index (χ0n) is 12.2. The van der Waals surface area contributed by atoms with Crippen molar-refractivity contribution in [3.8, 4) is 0 Å². The number of carbonyl (C=O) groups excluding carboxylic acids is 2. The first-order chi connectivity index (χ1) is 10.7. The lowest BCUT2D eigenvalue weighted by atomic mass is 9.77. The largest absolute Gasteiger partial charge is 0.281 e. The molecule has 0 N–H and O–H groups in total. The number of rotatable bonds is 1. The molecule has 108 valence electrons. The zero-order valence-corrected chi connectivity index (χ0v) is 12.2. The SMILES string of the molecule is CN1C(=O)C2=C(c3ccccc3)c3ccccc3CC2C1=O. The maximum atomic E-state index is 12.6. The molecule has 1 aliphatic heterocycles. The van der Waals surface area contributed by atoms with Crippen LogP contribution in [0.4, 0.5) is 0 Å². The van der Waals surface area contributed by atoms with E-state index in [4.69, 9.17) is 0 Å². The van der Waals surface area contributed by atoms with Crippen LogP contribution in [0.15, 0.2) is 60.2 Å². The molecule has 1 fully saturated rings. The predicted octanol–water partition coefficient (Wildman–Crippen LogP) is 2.66. The molecule has 0 bridgehead atoms. The highest BCUT2D eigenvalue weighted by Crippen LogP contribution is 2.42. The topological polar surface area (TPSA) is 37.4 Å². The van der Waals surface area contributed by atoms with Crippen LogP contribution < -0.4 is 0 Å². The number of benzene rings is 2. The van der Waals surface area contributed by atoms with Crippen molar-refractivity contribution in [3.63, 3.8) is 0 Å². The van der Waals surface area contributed by atoms with Crippen molar-refractivity contribution in [2.75, 3.05) is 7.05 Å². The summed E-state index contributed by atoms with van der Waals surface area (Å²) in [7, 11) is 1.57. The molecule has 1 unspecified atom stereocenters. The molecular formula is C19H15NO2. The number of nitrogens with zero attached hydrogens (tertiary/aromatic N) is 1. The van der Waals surface area contributed by atoms with E-state index in [1.807, 2.05) is 54.6 Å². The van der Waals surface area contributed by atoms with E-state index in [1.165, 1.54) is 4.90 Å². The van der Waals surface area contributed by atoms with Gasteiger partial charge in [0.2, 0.25) is 5.91 Å². The van der Waals surface area contributed by atoms with Crippen molar-refractivity contribution in [1.29, 1.82) is 0 Å². The van der Waals surface area contributed by atoms with Crippen LogP contribution in [0, 0.1) is 5.92 Å². The van der Waals surface area contributed by atoms with Crippen molar-refractivity contribution < 1.29 is 9.59 Å². The molecule has 0 aromatic heterocycles. The number of imide groups is 1. The average Bonchev–Trinajstić information content (AvgIpc) is 2.78. The molecular weight excluding hydrogens is 274 g/mol. The quantitative estimate of drug-likeness (QED) is 0.757. The lowest BCUT2D eigenvalue weighted by molar-refractivity contribution is -0.137. The van der Waals surface area contributed by atoms with E-state index in [2.05, 4.69) is 0 Å². The van der Waals surface area contributed by atoms with Gasteiger partial charge in [-0.1, -0.05) is 54.6 Å². The molecule has 1 atom stereocenters. The third-order valence-corrected chi connectivity index (χ3v) is 4.55. The molecule has 0 spiro atoms. The highest BCUT2D eigenvalue weighted by atomic mass is 16.2. The van der Waals surface area contributed by atoms with Gasteiger partial charge in [-0.05, 0) is 28.7 Å². The monoisotopic (exact) mass is 289 g/mol. The van der Waals surface area contributed by atoms with E-state index in [0.29, 0.717) is 12.0 Å². The standard InChI is InChI=1S/C19H15NO2/c1-20-18(21)15-11-13-9-5-6-10-14(13)16(17(15)19(20)22)12-7-3-2-4-8-12/h2-10,15H,11H2,1H3. The minimum atomic E-state index is -0.345. The maximum absolute atomic E-state index is 12.6. The molecule has 4 rings (SSSR count). The van der Waals surface area contributed by atoms with Gasteiger partial charge >= 0.3 is 0 Å². The van der Waals surface area contributed by atoms with Crippen LogP contribution in [-0.4, -0.2) is 23.8 Å². The van der Waals surface area contributed by atoms with Gasteiger partial charge in [-0.25, -0.2) is 0 Å². The second-order valence-electron chi connectivity index (χ2n) is 5.77. The first kappa shape index (κ1) is 13.0. The maximum Gasteiger partial charge on any atom is 0.257 e. The van der Waals surface area contributed by atoms with Crippen molar-refractivity contribution >= 4 is 17.4 Å². The summed E-state index contributed by atoms with van der Waals surface area (Å²) < 4.78 is 0. The molecule has 2 aromatic rings. The number of hydrogen-bond donors (Lipinski definition) is 0. The van der Waals surface area contributed by atoms with E-state index in [9.17, 15) is 9.59 Å². The van der Waals surface area contributed by atoms with Gasteiger partial charge in [0.05, 0.1) is 5.92 Å². The van der Waals surface area contributed by atoms with Crippen LogP contribution in [-0.2, 0) is 16.0 Å². The minimum absolute atomic E-state index is 0.0945. The molecule has 0 saturated carbocycles. The first-order valence-electron chi connectivity index (χ1n) is 7.38. The lowest BCUT2D eigenvalue weighted by Gasteiger charge is -2.24. The molecule has 1 saturated heterocycles. The summed E-state index contributed by atoms with van der Waals surface area (Å²) in [5.41, 5.74) is 4.75. The Morgan fingerprint density at radius 1 is 0.955 bits per heavy atom. The molecule has 0 radical (unpaired) electrons. The Morgan fingerprint density at radius 3 is 2.41 bits per heavy atom. The van der Waals surface area contributed by atoms with Gasteiger partial charge in [0.1, 0.15) is 0 Å². The lowest BCUT2D eigenvalue weighted by Crippen LogP contribution is -2.26. The van der Waals surface area contributed by atoms with Gasteiger partial charge in [-0.3, -0.25) is 14.5 Å². The molecule has 1 heterocycles. The molecule has 2 aromatic carbocycles. The smallest absolute Gasteiger partial charge is 0.257 e. The summed E-state index contributed by atoms with van der Waals surface area (Å²) in [6.45, 7) is 0. The van der Waals surface area contributed by atoms with E-state index in [0.717, 1.165) is 22.3 Å². The van der Waals surface area contributed by atoms with Crippen molar-refractivity contribution in [2.45, 2.75) is 6.42 Å². The molecule has 2 amide bonds. The van der Waals surface area contributed by atoms with Gasteiger partial charge in [0.25, 0.3) is 5.91 Å². The fourth-order valence-corrected chi connectivity index (χ4v) is 3.48. The summed E-state index contributed by atoms with van der Waals surface area (Å²) in [6, 6.07) is 17.9. The van der Waals surface area contributed by atoms with Crippen molar-refractivity contribution in [3.05, 3.63) is 76.9 Å². The molecule has 1 aliphatic carbocycles. The number of carbonyl (C=O) groups is 2. The van der Waals surface area contributed by atoms with Gasteiger partial charge in [-0.2, -0.15) is 0 Å². The zero-order chi connectivity index (χ0) is 15.3. The fraction of sp³-hybridized carbons (Fsp3) is 0.158. The average molecular weight is 289 g/mol. The minimum Gasteiger partial charge on any atom is -0.281 e. The third-order valence-electron chi connectivity index (χ3n) is 4.55. The number of likely N-dealkylation sites (N-methyl/N-ethyl adjacent to an activating group) is 1. The molecule has 2 aliphatic rings. The Labute approximate surface area is 128 Å². The van der Waals surface area contributed by atoms with E-state index in [1.54, 1.807) is 7.05 Å². The Hall–Kier alpha value is -2.68. The van der Waals surface area contributed by atoms with Crippen LogP contribution in [0.2, 0.25) is 0 Å². The van der Waals surface area contributed by atoms with Crippen LogP contribution in [0.1, 0.15) is 16.7 Å². The van der Waals surface area contributed by atoms with Crippen LogP contribution in [0.3, 0.4) is 0 Å². The van der Waals surface area contributed by atoms with Gasteiger partial charge in [-0.15, -0.1) is 0 Å². The van der Waals surface area contributed by atoms with Crippen LogP contribution in [0.25, 0.3) is 5.57 Å². The number of hydrogen-bond acceptors (Lipinski definition) is 2. The van der Waals surface area contributed by atoms with Crippen molar-refractivity contribution in [1.82, 2.24) is 4.90 Å². The Bertz CT molecular complexity index is 820. The normalized spacial score (nSPS) is 20.2. The second kappa shape index (κ2) is 4.67. The Balaban J connectivity index is 2.05. The van der Waals surface area contributed by atoms with E-state index >= 15 is 0 Å². The van der Waals surface area contributed by atoms with Gasteiger partial charge in [0, 0.05) is 12.6 Å². The number of likely N-dealkylation sites (tertiary alicyclic amines) is 1. The number of fused-ring (bicyclic) bond motifs is 2. The van der Waals surface area contributed by atoms with Crippen LogP contribution >= 0.6 is 0 Å². The fourth-order valence-electron chi connectivity index (χ4n) is 3.48. The summed E-state index contributed by atoms with van der Waals surface area (Å²) in [5, 5.41) is 0. The summed E-state index contributed by atoms with van der Waals surface area (Å²) in [4.78, 5) is 26.3.